The molecule has 15 heavy (non-hydrogen) atoms. The molecule has 0 bridgehead atoms. The molecular weight excluding hydrogens is 258 g/mol. The van der Waals surface area contributed by atoms with Gasteiger partial charge in [-0.3, -0.25) is 0 Å². The highest BCUT2D eigenvalue weighted by Crippen LogP contribution is 2.12. The van der Waals surface area contributed by atoms with E-state index in [-0.39, 0.29) is 0 Å². The van der Waals surface area contributed by atoms with Crippen LogP contribution in [0.5, 0.6) is 5.88 Å². The Morgan fingerprint density at radius 2 is 2.33 bits per heavy atom. The molecule has 0 spiro atoms. The molecule has 5 heteroatoms. The van der Waals surface area contributed by atoms with Gasteiger partial charge in [0.2, 0.25) is 5.88 Å². The lowest BCUT2D eigenvalue weighted by Crippen LogP contribution is -2.08. The van der Waals surface area contributed by atoms with E-state index in [1.165, 1.54) is 6.33 Å². The summed E-state index contributed by atoms with van der Waals surface area (Å²) >= 11 is 3.58. The number of methoxy groups -OCH3 is 1. The van der Waals surface area contributed by atoms with Crippen LogP contribution < -0.4 is 10.1 Å². The van der Waals surface area contributed by atoms with Crippen molar-refractivity contribution in [3.05, 3.63) is 12.4 Å². The summed E-state index contributed by atoms with van der Waals surface area (Å²) in [5.74, 6) is 1.39. The van der Waals surface area contributed by atoms with E-state index >= 15 is 0 Å². The highest BCUT2D eigenvalue weighted by Gasteiger charge is 2.01. The normalized spacial score (nSPS) is 12.2. The lowest BCUT2D eigenvalue weighted by molar-refractivity contribution is 0.397. The summed E-state index contributed by atoms with van der Waals surface area (Å²) in [4.78, 5) is 8.59. The summed E-state index contributed by atoms with van der Waals surface area (Å²) in [5, 5.41) is 3.22. The third-order valence-corrected chi connectivity index (χ3v) is 3.16. The molecule has 84 valence electrons. The summed E-state index contributed by atoms with van der Waals surface area (Å²) in [6.07, 6.45) is 3.70. The standard InChI is InChI=1S/C10H16BrN3O/c1-3-8(11)4-5-12-9-6-10(15-2)14-7-13-9/h6-8H,3-5H2,1-2H3,(H,12,13,14). The summed E-state index contributed by atoms with van der Waals surface area (Å²) in [5.41, 5.74) is 0. The van der Waals surface area contributed by atoms with Gasteiger partial charge in [-0.2, -0.15) is 0 Å². The average Bonchev–Trinajstić information content (AvgIpc) is 2.29. The fourth-order valence-electron chi connectivity index (χ4n) is 1.11. The second-order valence-electron chi connectivity index (χ2n) is 3.17. The summed E-state index contributed by atoms with van der Waals surface area (Å²) in [6.45, 7) is 3.05. The summed E-state index contributed by atoms with van der Waals surface area (Å²) < 4.78 is 5.00. The second kappa shape index (κ2) is 6.61. The van der Waals surface area contributed by atoms with Crippen molar-refractivity contribution < 1.29 is 4.74 Å². The van der Waals surface area contributed by atoms with Crippen molar-refractivity contribution in [2.75, 3.05) is 19.0 Å². The van der Waals surface area contributed by atoms with Crippen molar-refractivity contribution >= 4 is 21.7 Å². The van der Waals surface area contributed by atoms with Crippen molar-refractivity contribution in [3.8, 4) is 5.88 Å². The van der Waals surface area contributed by atoms with E-state index in [1.54, 1.807) is 13.2 Å². The Kier molecular flexibility index (Phi) is 5.39. The van der Waals surface area contributed by atoms with Crippen LogP contribution in [0.1, 0.15) is 19.8 Å². The first-order chi connectivity index (χ1) is 7.26. The van der Waals surface area contributed by atoms with Crippen molar-refractivity contribution in [1.82, 2.24) is 9.97 Å². The minimum atomic E-state index is 0.564. The molecule has 0 aliphatic carbocycles. The van der Waals surface area contributed by atoms with Crippen LogP contribution in [0.2, 0.25) is 0 Å². The van der Waals surface area contributed by atoms with E-state index in [1.807, 2.05) is 0 Å². The molecule has 0 fully saturated rings. The Balaban J connectivity index is 2.37. The number of nitrogens with one attached hydrogen (secondary N) is 1. The number of halogens is 1. The van der Waals surface area contributed by atoms with Gasteiger partial charge in [0.25, 0.3) is 0 Å². The van der Waals surface area contributed by atoms with Crippen LogP contribution in [0.15, 0.2) is 12.4 Å². The molecule has 1 N–H and O–H groups in total. The van der Waals surface area contributed by atoms with Gasteiger partial charge in [0.05, 0.1) is 7.11 Å². The first kappa shape index (κ1) is 12.2. The molecule has 0 saturated carbocycles. The molecule has 0 aliphatic heterocycles. The van der Waals surface area contributed by atoms with Crippen molar-refractivity contribution in [3.63, 3.8) is 0 Å². The molecule has 0 radical (unpaired) electrons. The maximum absolute atomic E-state index is 5.00. The molecule has 0 aromatic carbocycles. The van der Waals surface area contributed by atoms with Gasteiger partial charge in [0.15, 0.2) is 0 Å². The number of rotatable bonds is 6. The van der Waals surface area contributed by atoms with Crippen LogP contribution in [0.3, 0.4) is 0 Å². The van der Waals surface area contributed by atoms with E-state index in [0.29, 0.717) is 10.7 Å². The van der Waals surface area contributed by atoms with Crippen LogP contribution in [-0.4, -0.2) is 28.4 Å². The van der Waals surface area contributed by atoms with Gasteiger partial charge >= 0.3 is 0 Å². The zero-order valence-electron chi connectivity index (χ0n) is 9.03. The van der Waals surface area contributed by atoms with Crippen molar-refractivity contribution in [2.45, 2.75) is 24.6 Å². The fourth-order valence-corrected chi connectivity index (χ4v) is 1.34. The molecule has 0 aliphatic rings. The van der Waals surface area contributed by atoms with Gasteiger partial charge < -0.3 is 10.1 Å². The maximum atomic E-state index is 5.00. The highest BCUT2D eigenvalue weighted by atomic mass is 79.9. The molecule has 1 unspecified atom stereocenters. The molecule has 1 atom stereocenters. The monoisotopic (exact) mass is 273 g/mol. The van der Waals surface area contributed by atoms with Gasteiger partial charge in [0.1, 0.15) is 12.1 Å². The van der Waals surface area contributed by atoms with Crippen molar-refractivity contribution in [1.29, 1.82) is 0 Å². The molecule has 4 nitrogen and oxygen atoms in total. The molecule has 0 saturated heterocycles. The number of nitrogens with zero attached hydrogens (tertiary/aromatic N) is 2. The van der Waals surface area contributed by atoms with Gasteiger partial charge in [-0.05, 0) is 12.8 Å². The molecule has 1 aromatic heterocycles. The van der Waals surface area contributed by atoms with Gasteiger partial charge in [-0.25, -0.2) is 9.97 Å². The van der Waals surface area contributed by atoms with E-state index in [9.17, 15) is 0 Å². The predicted octanol–water partition coefficient (Wildman–Crippen LogP) is 2.46. The summed E-state index contributed by atoms with van der Waals surface area (Å²) in [6, 6.07) is 1.79. The van der Waals surface area contributed by atoms with E-state index in [4.69, 9.17) is 4.74 Å². The Bertz CT molecular complexity index is 296. The Labute approximate surface area is 98.6 Å². The van der Waals surface area contributed by atoms with Gasteiger partial charge in [-0.1, -0.05) is 22.9 Å². The van der Waals surface area contributed by atoms with Crippen LogP contribution in [0.4, 0.5) is 5.82 Å². The van der Waals surface area contributed by atoms with E-state index in [0.717, 1.165) is 25.2 Å². The SMILES string of the molecule is CCC(Br)CCNc1cc(OC)ncn1. The fraction of sp³-hybridized carbons (Fsp3) is 0.600. The topological polar surface area (TPSA) is 47.0 Å². The third-order valence-electron chi connectivity index (χ3n) is 2.06. The summed E-state index contributed by atoms with van der Waals surface area (Å²) in [7, 11) is 1.59. The van der Waals surface area contributed by atoms with Crippen molar-refractivity contribution in [2.24, 2.45) is 0 Å². The van der Waals surface area contributed by atoms with Gasteiger partial charge in [-0.15, -0.1) is 0 Å². The highest BCUT2D eigenvalue weighted by molar-refractivity contribution is 9.09. The molecule has 1 rings (SSSR count). The number of alkyl halides is 1. The molecule has 1 aromatic rings. The first-order valence-corrected chi connectivity index (χ1v) is 5.91. The molecule has 0 amide bonds. The quantitative estimate of drug-likeness (QED) is 0.809. The number of hydrogen-bond donors (Lipinski definition) is 1. The van der Waals surface area contributed by atoms with Crippen LogP contribution in [0, 0.1) is 0 Å². The van der Waals surface area contributed by atoms with E-state index in [2.05, 4.69) is 38.1 Å². The Morgan fingerprint density at radius 3 is 3.00 bits per heavy atom. The van der Waals surface area contributed by atoms with Crippen LogP contribution in [-0.2, 0) is 0 Å². The Hall–Kier alpha value is -0.840. The number of aromatic nitrogens is 2. The zero-order chi connectivity index (χ0) is 11.1. The number of hydrogen-bond acceptors (Lipinski definition) is 4. The lowest BCUT2D eigenvalue weighted by atomic mass is 10.2. The van der Waals surface area contributed by atoms with E-state index < -0.39 is 0 Å². The van der Waals surface area contributed by atoms with Crippen LogP contribution in [0.25, 0.3) is 0 Å². The third kappa shape index (κ3) is 4.46. The Morgan fingerprint density at radius 1 is 1.53 bits per heavy atom. The predicted molar refractivity (Wildman–Crippen MR) is 64.7 cm³/mol. The van der Waals surface area contributed by atoms with Gasteiger partial charge in [0, 0.05) is 17.4 Å². The maximum Gasteiger partial charge on any atom is 0.218 e. The zero-order valence-corrected chi connectivity index (χ0v) is 10.6. The smallest absolute Gasteiger partial charge is 0.218 e. The first-order valence-electron chi connectivity index (χ1n) is 5.00. The number of anilines is 1. The minimum absolute atomic E-state index is 0.564. The average molecular weight is 274 g/mol. The second-order valence-corrected chi connectivity index (χ2v) is 4.46. The number of ether oxygens (including phenoxy) is 1. The molecular formula is C10H16BrN3O. The lowest BCUT2D eigenvalue weighted by Gasteiger charge is -2.08. The largest absolute Gasteiger partial charge is 0.481 e. The minimum Gasteiger partial charge on any atom is -0.481 e. The molecule has 1 heterocycles. The van der Waals surface area contributed by atoms with Crippen LogP contribution >= 0.6 is 15.9 Å².